The molecule has 2 heterocycles. The van der Waals surface area contributed by atoms with Crippen LogP contribution in [0.2, 0.25) is 10.0 Å². The standard InChI is InChI=1S/C23H27ClN3O2.C6H5ClO2.W/c1-14(2)26-12-17(28)13-29-18-6-3-15(4-7-18)22-23-19(9-10-25-22)20-11-16(24)5-8-21(20)27-23;7-5-1-3-6(9-8)4-2-5;/h3-8,11,14,17,22,26-28H,9-10,12-13H2,1-2H3;1-4,8H;/q-1;;. The first-order chi connectivity index (χ1) is 18.3. The van der Waals surface area contributed by atoms with Crippen LogP contribution in [0.5, 0.6) is 11.5 Å². The van der Waals surface area contributed by atoms with E-state index in [0.717, 1.165) is 40.5 Å². The Hall–Kier alpha value is -2.09. The summed E-state index contributed by atoms with van der Waals surface area (Å²) < 4.78 is 5.73. The molecule has 1 aromatic heterocycles. The summed E-state index contributed by atoms with van der Waals surface area (Å²) in [5, 5.41) is 28.7. The molecule has 1 aliphatic rings. The van der Waals surface area contributed by atoms with E-state index in [4.69, 9.17) is 38.5 Å². The number of aliphatic hydroxyl groups is 1. The van der Waals surface area contributed by atoms with Gasteiger partial charge in [-0.15, -0.1) is 6.54 Å². The van der Waals surface area contributed by atoms with Gasteiger partial charge in [0.2, 0.25) is 0 Å². The number of halogens is 2. The van der Waals surface area contributed by atoms with E-state index in [2.05, 4.69) is 41.2 Å². The van der Waals surface area contributed by atoms with Crippen molar-refractivity contribution in [3.8, 4) is 11.5 Å². The van der Waals surface area contributed by atoms with E-state index in [0.29, 0.717) is 23.4 Å². The maximum absolute atomic E-state index is 10.00. The summed E-state index contributed by atoms with van der Waals surface area (Å²) >= 11 is 11.7. The van der Waals surface area contributed by atoms with Gasteiger partial charge in [0.05, 0.1) is 0 Å². The molecule has 3 aromatic carbocycles. The molecule has 2 atom stereocenters. The molecule has 208 valence electrons. The van der Waals surface area contributed by atoms with Crippen molar-refractivity contribution >= 4 is 34.1 Å². The molecule has 5 rings (SSSR count). The number of nitrogens with one attached hydrogen (secondary N) is 2. The number of aliphatic hydroxyl groups excluding tert-OH is 1. The third kappa shape index (κ3) is 8.69. The van der Waals surface area contributed by atoms with E-state index in [-0.39, 0.29) is 33.7 Å². The van der Waals surface area contributed by atoms with Gasteiger partial charge in [-0.3, -0.25) is 0 Å². The summed E-state index contributed by atoms with van der Waals surface area (Å²) in [7, 11) is 0. The second-order valence-electron chi connectivity index (χ2n) is 9.41. The van der Waals surface area contributed by atoms with E-state index in [1.165, 1.54) is 10.9 Å². The Morgan fingerprint density at radius 2 is 1.67 bits per heavy atom. The molecule has 0 spiro atoms. The summed E-state index contributed by atoms with van der Waals surface area (Å²) in [6, 6.07) is 20.7. The Morgan fingerprint density at radius 1 is 1.00 bits per heavy atom. The van der Waals surface area contributed by atoms with Crippen molar-refractivity contribution in [1.29, 1.82) is 0 Å². The largest absolute Gasteiger partial charge is 0.650 e. The van der Waals surface area contributed by atoms with Gasteiger partial charge in [0.25, 0.3) is 0 Å². The van der Waals surface area contributed by atoms with Crippen LogP contribution in [0.15, 0.2) is 66.7 Å². The number of nitrogens with zero attached hydrogens (tertiary/aromatic N) is 1. The summed E-state index contributed by atoms with van der Waals surface area (Å²) in [6.07, 6.45) is 0.390. The van der Waals surface area contributed by atoms with Crippen LogP contribution in [0.25, 0.3) is 16.2 Å². The van der Waals surface area contributed by atoms with Crippen molar-refractivity contribution in [3.05, 3.63) is 98.9 Å². The second-order valence-corrected chi connectivity index (χ2v) is 10.3. The molecular weight excluding hydrogens is 709 g/mol. The summed E-state index contributed by atoms with van der Waals surface area (Å²) in [5.41, 5.74) is 4.68. The van der Waals surface area contributed by atoms with Gasteiger partial charge in [-0.25, -0.2) is 5.26 Å². The fraction of sp³-hybridized carbons (Fsp3) is 0.310. The molecular formula is C29H32Cl2N3O4W-. The summed E-state index contributed by atoms with van der Waals surface area (Å²) in [6.45, 7) is 5.68. The van der Waals surface area contributed by atoms with Crippen molar-refractivity contribution in [2.24, 2.45) is 0 Å². The maximum Gasteiger partial charge on any atom is 0.165 e. The Morgan fingerprint density at radius 3 is 2.33 bits per heavy atom. The second kappa shape index (κ2) is 15.1. The number of aromatic nitrogens is 1. The molecule has 2 unspecified atom stereocenters. The van der Waals surface area contributed by atoms with Crippen LogP contribution in [0.4, 0.5) is 0 Å². The monoisotopic (exact) mass is 740 g/mol. The maximum atomic E-state index is 10.00. The van der Waals surface area contributed by atoms with Gasteiger partial charge >= 0.3 is 0 Å². The number of H-pyrrole nitrogens is 1. The predicted molar refractivity (Wildman–Crippen MR) is 153 cm³/mol. The fourth-order valence-electron chi connectivity index (χ4n) is 4.28. The average Bonchev–Trinajstić information content (AvgIpc) is 3.30. The Balaban J connectivity index is 0.000000359. The van der Waals surface area contributed by atoms with Crippen LogP contribution < -0.4 is 14.9 Å². The minimum atomic E-state index is -0.536. The first-order valence-electron chi connectivity index (χ1n) is 12.5. The third-order valence-corrected chi connectivity index (χ3v) is 6.65. The molecule has 7 nitrogen and oxygen atoms in total. The number of fused-ring (bicyclic) bond motifs is 3. The van der Waals surface area contributed by atoms with Crippen LogP contribution in [0.1, 0.15) is 36.7 Å². The van der Waals surface area contributed by atoms with E-state index >= 15 is 0 Å². The zero-order valence-electron chi connectivity index (χ0n) is 21.7. The number of hydrogen-bond donors (Lipinski definition) is 4. The van der Waals surface area contributed by atoms with Crippen LogP contribution >= 0.6 is 23.2 Å². The zero-order valence-corrected chi connectivity index (χ0v) is 26.2. The van der Waals surface area contributed by atoms with Gasteiger partial charge in [0.1, 0.15) is 18.5 Å². The SMILES string of the molecule is CC(C)NCC(O)COc1ccc(C2[N-]CCc3c2[nH]c2ccc(Cl)cc32)cc1.OOc1ccc(Cl)cc1.[W]. The summed E-state index contributed by atoms with van der Waals surface area (Å²) in [5.74, 6) is 1.14. The minimum Gasteiger partial charge on any atom is -0.650 e. The number of benzene rings is 3. The first kappa shape index (κ1) is 31.4. The molecule has 0 fully saturated rings. The van der Waals surface area contributed by atoms with Gasteiger partial charge in [-0.2, -0.15) is 0 Å². The van der Waals surface area contributed by atoms with Crippen LogP contribution in [0.3, 0.4) is 0 Å². The molecule has 10 heteroatoms. The topological polar surface area (TPSA) is 101 Å². The van der Waals surface area contributed by atoms with E-state index in [1.807, 2.05) is 30.3 Å². The quantitative estimate of drug-likeness (QED) is 0.118. The molecule has 0 radical (unpaired) electrons. The molecule has 0 aliphatic carbocycles. The molecule has 0 saturated carbocycles. The molecule has 4 N–H and O–H groups in total. The van der Waals surface area contributed by atoms with E-state index in [9.17, 15) is 5.11 Å². The normalized spacial score (nSPS) is 15.1. The molecule has 0 saturated heterocycles. The molecule has 4 aromatic rings. The van der Waals surface area contributed by atoms with Crippen LogP contribution in [-0.2, 0) is 27.5 Å². The summed E-state index contributed by atoms with van der Waals surface area (Å²) in [4.78, 5) is 7.46. The smallest absolute Gasteiger partial charge is 0.165 e. The van der Waals surface area contributed by atoms with Crippen LogP contribution in [-0.4, -0.2) is 47.2 Å². The minimum absolute atomic E-state index is 0. The van der Waals surface area contributed by atoms with Crippen molar-refractivity contribution in [3.63, 3.8) is 0 Å². The molecule has 39 heavy (non-hydrogen) atoms. The molecule has 1 aliphatic heterocycles. The Kier molecular flexibility index (Phi) is 12.1. The zero-order chi connectivity index (χ0) is 27.1. The third-order valence-electron chi connectivity index (χ3n) is 6.17. The van der Waals surface area contributed by atoms with E-state index < -0.39 is 6.10 Å². The average molecular weight is 741 g/mol. The predicted octanol–water partition coefficient (Wildman–Crippen LogP) is 6.77. The Bertz CT molecular complexity index is 1320. The number of aromatic amines is 1. The van der Waals surface area contributed by atoms with Crippen molar-refractivity contribution in [2.45, 2.75) is 38.5 Å². The molecule has 0 amide bonds. The number of ether oxygens (including phenoxy) is 1. The Labute approximate surface area is 253 Å². The van der Waals surface area contributed by atoms with Gasteiger partial charge in [0, 0.05) is 60.3 Å². The number of rotatable bonds is 8. The fourth-order valence-corrected chi connectivity index (χ4v) is 4.58. The van der Waals surface area contributed by atoms with Crippen molar-refractivity contribution < 1.29 is 41.1 Å². The van der Waals surface area contributed by atoms with E-state index in [1.54, 1.807) is 24.3 Å². The molecule has 0 bridgehead atoms. The van der Waals surface area contributed by atoms with Gasteiger partial charge in [0.15, 0.2) is 5.75 Å². The van der Waals surface area contributed by atoms with Crippen molar-refractivity contribution in [2.75, 3.05) is 19.7 Å². The van der Waals surface area contributed by atoms with Gasteiger partial charge < -0.3 is 30.3 Å². The van der Waals surface area contributed by atoms with Gasteiger partial charge in [-0.05, 0) is 66.6 Å². The number of hydrogen-bond acceptors (Lipinski definition) is 5. The van der Waals surface area contributed by atoms with Gasteiger partial charge in [-0.1, -0.05) is 60.8 Å². The van der Waals surface area contributed by atoms with Crippen molar-refractivity contribution in [1.82, 2.24) is 10.3 Å². The first-order valence-corrected chi connectivity index (χ1v) is 13.3. The van der Waals surface area contributed by atoms with Crippen LogP contribution in [0, 0.1) is 0 Å².